The largest absolute Gasteiger partial charge is 0.503 e. The molecule has 1 N–H and O–H groups in total. The molecule has 4 atom stereocenters. The molecule has 4 unspecified atom stereocenters. The zero-order valence-electron chi connectivity index (χ0n) is 21.0. The van der Waals surface area contributed by atoms with Crippen LogP contribution < -0.4 is 9.64 Å². The number of nitrogens with zero attached hydrogens (tertiary/aromatic N) is 1. The SMILES string of the molecule is COc1cc(C2C3=CCC4C(=O)N(c5ccc(Br)cc5)C(=O)C4C3CC3=C2C(=O)C=C(C)C3=O)cc(Cl)c1O. The quantitative estimate of drug-likeness (QED) is 0.283. The van der Waals surface area contributed by atoms with Gasteiger partial charge in [0.1, 0.15) is 0 Å². The van der Waals surface area contributed by atoms with Gasteiger partial charge in [0.2, 0.25) is 11.8 Å². The van der Waals surface area contributed by atoms with Crippen LogP contribution in [0.25, 0.3) is 0 Å². The number of aromatic hydroxyl groups is 1. The number of halogens is 2. The summed E-state index contributed by atoms with van der Waals surface area (Å²) in [6.07, 6.45) is 3.80. The van der Waals surface area contributed by atoms with Gasteiger partial charge in [-0.1, -0.05) is 39.2 Å². The highest BCUT2D eigenvalue weighted by Crippen LogP contribution is 2.56. The summed E-state index contributed by atoms with van der Waals surface area (Å²) in [4.78, 5) is 55.5. The lowest BCUT2D eigenvalue weighted by Crippen LogP contribution is -2.39. The topological polar surface area (TPSA) is 101 Å². The van der Waals surface area contributed by atoms with Gasteiger partial charge in [0.15, 0.2) is 23.1 Å². The molecule has 1 aliphatic heterocycles. The Kier molecular flexibility index (Phi) is 6.15. The summed E-state index contributed by atoms with van der Waals surface area (Å²) in [5.74, 6) is -3.59. The van der Waals surface area contributed by atoms with Crippen molar-refractivity contribution >= 4 is 56.6 Å². The van der Waals surface area contributed by atoms with Crippen molar-refractivity contribution in [1.82, 2.24) is 0 Å². The number of methoxy groups -OCH3 is 1. The lowest BCUT2D eigenvalue weighted by Gasteiger charge is -2.42. The van der Waals surface area contributed by atoms with E-state index in [0.29, 0.717) is 34.4 Å². The van der Waals surface area contributed by atoms with Crippen LogP contribution in [0.3, 0.4) is 0 Å². The van der Waals surface area contributed by atoms with E-state index < -0.39 is 23.7 Å². The average molecular weight is 609 g/mol. The number of benzene rings is 2. The van der Waals surface area contributed by atoms with Crippen LogP contribution >= 0.6 is 27.5 Å². The molecule has 4 aliphatic rings. The first-order chi connectivity index (χ1) is 18.6. The van der Waals surface area contributed by atoms with Crippen molar-refractivity contribution in [2.45, 2.75) is 25.7 Å². The van der Waals surface area contributed by atoms with Crippen molar-refractivity contribution in [3.63, 3.8) is 0 Å². The number of imide groups is 1. The Morgan fingerprint density at radius 1 is 1.05 bits per heavy atom. The number of fused-ring (bicyclic) bond motifs is 3. The van der Waals surface area contributed by atoms with Crippen molar-refractivity contribution < 1.29 is 29.0 Å². The monoisotopic (exact) mass is 607 g/mol. The molecule has 1 fully saturated rings. The summed E-state index contributed by atoms with van der Waals surface area (Å²) in [5, 5.41) is 10.4. The summed E-state index contributed by atoms with van der Waals surface area (Å²) < 4.78 is 6.15. The Morgan fingerprint density at radius 3 is 2.46 bits per heavy atom. The van der Waals surface area contributed by atoms with Crippen LogP contribution in [0.5, 0.6) is 11.5 Å². The number of phenols is 1. The van der Waals surface area contributed by atoms with Gasteiger partial charge in [-0.15, -0.1) is 0 Å². The third-order valence-electron chi connectivity index (χ3n) is 8.25. The number of allylic oxidation sites excluding steroid dienone is 6. The van der Waals surface area contributed by atoms with Gasteiger partial charge in [-0.25, -0.2) is 0 Å². The number of ketones is 2. The minimum Gasteiger partial charge on any atom is -0.503 e. The third kappa shape index (κ3) is 3.84. The second kappa shape index (κ2) is 9.31. The highest BCUT2D eigenvalue weighted by molar-refractivity contribution is 9.10. The van der Waals surface area contributed by atoms with E-state index in [1.165, 1.54) is 18.1 Å². The van der Waals surface area contributed by atoms with Gasteiger partial charge in [0.25, 0.3) is 0 Å². The molecule has 1 heterocycles. The lowest BCUT2D eigenvalue weighted by atomic mass is 9.59. The van der Waals surface area contributed by atoms with Crippen LogP contribution in [0.4, 0.5) is 5.69 Å². The van der Waals surface area contributed by atoms with Gasteiger partial charge in [0.05, 0.1) is 29.7 Å². The van der Waals surface area contributed by atoms with Crippen LogP contribution in [0.15, 0.2) is 75.3 Å². The van der Waals surface area contributed by atoms with Crippen molar-refractivity contribution in [1.29, 1.82) is 0 Å². The number of carbonyl (C=O) groups is 4. The van der Waals surface area contributed by atoms with E-state index >= 15 is 0 Å². The predicted molar refractivity (Wildman–Crippen MR) is 148 cm³/mol. The standard InChI is InChI=1S/C30H23BrClNO6/c1-13-9-22(34)26-20(27(13)35)12-19-17(24(26)14-10-21(32)28(36)23(11-14)39-2)7-8-18-25(19)30(38)33(29(18)37)16-5-3-15(31)4-6-16/h3-7,9-11,18-19,24-25,36H,8,12H2,1-2H3. The van der Waals surface area contributed by atoms with Crippen molar-refractivity contribution in [2.75, 3.05) is 12.0 Å². The van der Waals surface area contributed by atoms with Crippen molar-refractivity contribution in [3.05, 3.63) is 85.9 Å². The summed E-state index contributed by atoms with van der Waals surface area (Å²) in [5.41, 5.74) is 2.90. The minimum atomic E-state index is -0.683. The number of rotatable bonds is 3. The zero-order valence-corrected chi connectivity index (χ0v) is 23.4. The summed E-state index contributed by atoms with van der Waals surface area (Å²) in [6, 6.07) is 10.2. The maximum Gasteiger partial charge on any atom is 0.238 e. The smallest absolute Gasteiger partial charge is 0.238 e. The van der Waals surface area contributed by atoms with E-state index in [1.807, 2.05) is 6.08 Å². The van der Waals surface area contributed by atoms with E-state index in [2.05, 4.69) is 15.9 Å². The van der Waals surface area contributed by atoms with Gasteiger partial charge >= 0.3 is 0 Å². The molecule has 0 bridgehead atoms. The first-order valence-corrected chi connectivity index (χ1v) is 13.7. The summed E-state index contributed by atoms with van der Waals surface area (Å²) >= 11 is 9.73. The normalized spacial score (nSPS) is 26.2. The van der Waals surface area contributed by atoms with E-state index in [0.717, 1.165) is 10.0 Å². The minimum absolute atomic E-state index is 0.0396. The van der Waals surface area contributed by atoms with E-state index in [1.54, 1.807) is 43.3 Å². The number of hydrogen-bond donors (Lipinski definition) is 1. The fraction of sp³-hybridized carbons (Fsp3) is 0.267. The molecule has 1 saturated heterocycles. The van der Waals surface area contributed by atoms with Gasteiger partial charge in [-0.2, -0.15) is 0 Å². The van der Waals surface area contributed by atoms with Crippen LogP contribution in [0.2, 0.25) is 5.02 Å². The van der Waals surface area contributed by atoms with Crippen LogP contribution in [-0.2, 0) is 19.2 Å². The molecule has 198 valence electrons. The highest BCUT2D eigenvalue weighted by atomic mass is 79.9. The number of amides is 2. The fourth-order valence-corrected chi connectivity index (χ4v) is 7.01. The van der Waals surface area contributed by atoms with Gasteiger partial charge in [-0.05, 0) is 73.7 Å². The Morgan fingerprint density at radius 2 is 1.77 bits per heavy atom. The highest BCUT2D eigenvalue weighted by Gasteiger charge is 2.56. The molecule has 7 nitrogen and oxygen atoms in total. The second-order valence-corrected chi connectivity index (χ2v) is 11.6. The van der Waals surface area contributed by atoms with Gasteiger partial charge in [0, 0.05) is 27.1 Å². The van der Waals surface area contributed by atoms with Crippen LogP contribution in [0, 0.1) is 17.8 Å². The molecule has 0 saturated carbocycles. The third-order valence-corrected chi connectivity index (χ3v) is 9.07. The molecule has 3 aliphatic carbocycles. The number of carbonyl (C=O) groups excluding carboxylic acids is 4. The maximum absolute atomic E-state index is 13.9. The molecule has 2 aromatic rings. The molecular weight excluding hydrogens is 586 g/mol. The second-order valence-electron chi connectivity index (χ2n) is 10.3. The Hall–Kier alpha value is -3.49. The Bertz CT molecular complexity index is 1590. The molecule has 0 radical (unpaired) electrons. The molecule has 39 heavy (non-hydrogen) atoms. The van der Waals surface area contributed by atoms with Gasteiger partial charge < -0.3 is 9.84 Å². The zero-order chi connectivity index (χ0) is 27.7. The van der Waals surface area contributed by atoms with Crippen molar-refractivity contribution in [3.8, 4) is 11.5 Å². The van der Waals surface area contributed by atoms with Crippen LogP contribution in [0.1, 0.15) is 31.2 Å². The number of anilines is 1. The molecule has 2 amide bonds. The van der Waals surface area contributed by atoms with Crippen LogP contribution in [-0.4, -0.2) is 35.6 Å². The van der Waals surface area contributed by atoms with E-state index in [-0.39, 0.29) is 46.3 Å². The summed E-state index contributed by atoms with van der Waals surface area (Å²) in [6.45, 7) is 1.61. The number of phenolic OH excluding ortho intramolecular Hbond substituents is 1. The molecule has 0 spiro atoms. The first-order valence-electron chi connectivity index (χ1n) is 12.5. The lowest BCUT2D eigenvalue weighted by molar-refractivity contribution is -0.123. The number of Topliss-reactive ketones (excluding diaryl/α,β-unsaturated/α-hetero) is 1. The summed E-state index contributed by atoms with van der Waals surface area (Å²) in [7, 11) is 1.40. The van der Waals surface area contributed by atoms with E-state index in [4.69, 9.17) is 16.3 Å². The fourth-order valence-electron chi connectivity index (χ4n) is 6.52. The molecule has 9 heteroatoms. The average Bonchev–Trinajstić information content (AvgIpc) is 3.18. The van der Waals surface area contributed by atoms with E-state index in [9.17, 15) is 24.3 Å². The maximum atomic E-state index is 13.9. The van der Waals surface area contributed by atoms with Gasteiger partial charge in [-0.3, -0.25) is 24.1 Å². The Labute approximate surface area is 237 Å². The molecule has 0 aromatic heterocycles. The molecular formula is C30H23BrClNO6. The first kappa shape index (κ1) is 25.8. The number of ether oxygens (including phenoxy) is 1. The molecule has 6 rings (SSSR count). The Balaban J connectivity index is 1.51. The predicted octanol–water partition coefficient (Wildman–Crippen LogP) is 5.45. The van der Waals surface area contributed by atoms with Crippen molar-refractivity contribution in [2.24, 2.45) is 17.8 Å². The number of hydrogen-bond acceptors (Lipinski definition) is 6. The molecule has 2 aromatic carbocycles.